The maximum Gasteiger partial charge on any atom is 0.0734 e. The molecule has 2 aromatic heterocycles. The van der Waals surface area contributed by atoms with Crippen molar-refractivity contribution in [1.82, 2.24) is 15.3 Å². The van der Waals surface area contributed by atoms with Crippen molar-refractivity contribution >= 4 is 10.9 Å². The number of hydrogen-bond acceptors (Lipinski definition) is 3. The van der Waals surface area contributed by atoms with Gasteiger partial charge in [0, 0.05) is 36.4 Å². The van der Waals surface area contributed by atoms with Gasteiger partial charge in [0.2, 0.25) is 0 Å². The van der Waals surface area contributed by atoms with Gasteiger partial charge in [-0.05, 0) is 36.7 Å². The van der Waals surface area contributed by atoms with E-state index in [1.54, 1.807) is 0 Å². The topological polar surface area (TPSA) is 37.8 Å². The fourth-order valence-electron chi connectivity index (χ4n) is 2.48. The molecule has 0 atom stereocenters. The van der Waals surface area contributed by atoms with Crippen LogP contribution in [0.3, 0.4) is 0 Å². The summed E-state index contributed by atoms with van der Waals surface area (Å²) in [4.78, 5) is 8.82. The summed E-state index contributed by atoms with van der Waals surface area (Å²) in [5.74, 6) is 0. The average molecular weight is 277 g/mol. The molecule has 3 rings (SSSR count). The molecule has 21 heavy (non-hydrogen) atoms. The van der Waals surface area contributed by atoms with Crippen LogP contribution in [-0.4, -0.2) is 23.1 Å². The van der Waals surface area contributed by atoms with Crippen LogP contribution in [0.4, 0.5) is 0 Å². The van der Waals surface area contributed by atoms with Crippen LogP contribution in [0, 0.1) is 0 Å². The molecule has 3 heteroatoms. The maximum atomic E-state index is 4.49. The Balaban J connectivity index is 1.51. The lowest BCUT2D eigenvalue weighted by Gasteiger charge is -2.07. The minimum absolute atomic E-state index is 0.954. The summed E-state index contributed by atoms with van der Waals surface area (Å²) in [6.45, 7) is 1.91. The van der Waals surface area contributed by atoms with Crippen molar-refractivity contribution in [3.8, 4) is 0 Å². The molecule has 0 fully saturated rings. The number of nitrogens with zero attached hydrogens (tertiary/aromatic N) is 2. The molecule has 0 spiro atoms. The van der Waals surface area contributed by atoms with E-state index in [2.05, 4.69) is 45.6 Å². The standard InChI is InChI=1S/C18H19N3/c1-2-11-20-17(8-1)10-14-19-13-9-16-6-3-5-15-7-4-12-21-18(15)16/h1-8,11-12,19H,9-10,13-14H2. The third-order valence-corrected chi connectivity index (χ3v) is 3.57. The molecule has 0 bridgehead atoms. The predicted octanol–water partition coefficient (Wildman–Crippen LogP) is 3.00. The molecule has 0 saturated carbocycles. The van der Waals surface area contributed by atoms with Crippen molar-refractivity contribution in [1.29, 1.82) is 0 Å². The lowest BCUT2D eigenvalue weighted by Crippen LogP contribution is -2.20. The first-order chi connectivity index (χ1) is 10.4. The number of rotatable bonds is 6. The Morgan fingerprint density at radius 1 is 0.762 bits per heavy atom. The van der Waals surface area contributed by atoms with Crippen molar-refractivity contribution in [2.75, 3.05) is 13.1 Å². The SMILES string of the molecule is c1ccc(CCNCCc2cccc3cccnc23)nc1. The first-order valence-electron chi connectivity index (χ1n) is 7.37. The Kier molecular flexibility index (Phi) is 4.54. The number of para-hydroxylation sites is 1. The fourth-order valence-corrected chi connectivity index (χ4v) is 2.48. The summed E-state index contributed by atoms with van der Waals surface area (Å²) < 4.78 is 0. The zero-order valence-corrected chi connectivity index (χ0v) is 12.0. The second-order valence-electron chi connectivity index (χ2n) is 5.06. The smallest absolute Gasteiger partial charge is 0.0734 e. The third-order valence-electron chi connectivity index (χ3n) is 3.57. The van der Waals surface area contributed by atoms with Crippen LogP contribution in [0.1, 0.15) is 11.3 Å². The van der Waals surface area contributed by atoms with E-state index in [1.807, 2.05) is 30.6 Å². The minimum Gasteiger partial charge on any atom is -0.316 e. The highest BCUT2D eigenvalue weighted by molar-refractivity contribution is 5.81. The molecule has 0 aliphatic rings. The van der Waals surface area contributed by atoms with Crippen LogP contribution >= 0.6 is 0 Å². The van der Waals surface area contributed by atoms with Crippen LogP contribution < -0.4 is 5.32 Å². The summed E-state index contributed by atoms with van der Waals surface area (Å²) in [5.41, 5.74) is 3.56. The van der Waals surface area contributed by atoms with E-state index in [-0.39, 0.29) is 0 Å². The van der Waals surface area contributed by atoms with Crippen molar-refractivity contribution in [3.63, 3.8) is 0 Å². The number of aromatic nitrogens is 2. The Morgan fingerprint density at radius 2 is 1.62 bits per heavy atom. The van der Waals surface area contributed by atoms with Gasteiger partial charge in [-0.25, -0.2) is 0 Å². The van der Waals surface area contributed by atoms with Crippen LogP contribution in [0.2, 0.25) is 0 Å². The summed E-state index contributed by atoms with van der Waals surface area (Å²) in [5, 5.41) is 4.69. The van der Waals surface area contributed by atoms with Crippen molar-refractivity contribution in [2.45, 2.75) is 12.8 Å². The van der Waals surface area contributed by atoms with E-state index in [9.17, 15) is 0 Å². The van der Waals surface area contributed by atoms with E-state index in [0.717, 1.165) is 37.1 Å². The Morgan fingerprint density at radius 3 is 2.52 bits per heavy atom. The molecule has 3 nitrogen and oxygen atoms in total. The first kappa shape index (κ1) is 13.7. The molecule has 1 N–H and O–H groups in total. The van der Waals surface area contributed by atoms with Gasteiger partial charge in [-0.3, -0.25) is 9.97 Å². The normalized spacial score (nSPS) is 10.9. The lowest BCUT2D eigenvalue weighted by molar-refractivity contribution is 0.676. The Bertz CT molecular complexity index is 690. The number of nitrogens with one attached hydrogen (secondary N) is 1. The molecule has 2 heterocycles. The molecular formula is C18H19N3. The van der Waals surface area contributed by atoms with Crippen LogP contribution in [0.5, 0.6) is 0 Å². The number of benzene rings is 1. The van der Waals surface area contributed by atoms with E-state index in [1.165, 1.54) is 10.9 Å². The van der Waals surface area contributed by atoms with E-state index in [0.29, 0.717) is 0 Å². The highest BCUT2D eigenvalue weighted by Gasteiger charge is 2.01. The average Bonchev–Trinajstić information content (AvgIpc) is 2.56. The number of fused-ring (bicyclic) bond motifs is 1. The molecule has 3 aromatic rings. The molecule has 1 aromatic carbocycles. The second-order valence-corrected chi connectivity index (χ2v) is 5.06. The Hall–Kier alpha value is -2.26. The molecule has 106 valence electrons. The van der Waals surface area contributed by atoms with Gasteiger partial charge in [-0.2, -0.15) is 0 Å². The highest BCUT2D eigenvalue weighted by atomic mass is 14.8. The van der Waals surface area contributed by atoms with Gasteiger partial charge in [-0.15, -0.1) is 0 Å². The minimum atomic E-state index is 0.954. The van der Waals surface area contributed by atoms with Crippen LogP contribution in [0.15, 0.2) is 60.9 Å². The summed E-state index contributed by atoms with van der Waals surface area (Å²) >= 11 is 0. The maximum absolute atomic E-state index is 4.49. The first-order valence-corrected chi connectivity index (χ1v) is 7.37. The van der Waals surface area contributed by atoms with Gasteiger partial charge in [-0.1, -0.05) is 30.3 Å². The van der Waals surface area contributed by atoms with Crippen LogP contribution in [-0.2, 0) is 12.8 Å². The highest BCUT2D eigenvalue weighted by Crippen LogP contribution is 2.15. The Labute approximate surface area is 125 Å². The van der Waals surface area contributed by atoms with Gasteiger partial charge >= 0.3 is 0 Å². The third kappa shape index (κ3) is 3.64. The van der Waals surface area contributed by atoms with Gasteiger partial charge in [0.05, 0.1) is 5.52 Å². The number of hydrogen-bond donors (Lipinski definition) is 1. The zero-order valence-electron chi connectivity index (χ0n) is 12.0. The van der Waals surface area contributed by atoms with E-state index < -0.39 is 0 Å². The summed E-state index contributed by atoms with van der Waals surface area (Å²) in [6.07, 6.45) is 5.67. The molecule has 0 radical (unpaired) electrons. The fraction of sp³-hybridized carbons (Fsp3) is 0.222. The van der Waals surface area contributed by atoms with Crippen molar-refractivity contribution in [2.24, 2.45) is 0 Å². The lowest BCUT2D eigenvalue weighted by atomic mass is 10.1. The van der Waals surface area contributed by atoms with E-state index in [4.69, 9.17) is 0 Å². The zero-order chi connectivity index (χ0) is 14.3. The molecular weight excluding hydrogens is 258 g/mol. The molecule has 0 unspecified atom stereocenters. The molecule has 0 aliphatic heterocycles. The van der Waals surface area contributed by atoms with Gasteiger partial charge in [0.15, 0.2) is 0 Å². The summed E-state index contributed by atoms with van der Waals surface area (Å²) in [7, 11) is 0. The molecule has 0 amide bonds. The van der Waals surface area contributed by atoms with Crippen molar-refractivity contribution in [3.05, 3.63) is 72.2 Å². The second kappa shape index (κ2) is 6.95. The largest absolute Gasteiger partial charge is 0.316 e. The number of pyridine rings is 2. The summed E-state index contributed by atoms with van der Waals surface area (Å²) in [6, 6.07) is 16.5. The van der Waals surface area contributed by atoms with Crippen LogP contribution in [0.25, 0.3) is 10.9 Å². The molecule has 0 saturated heterocycles. The van der Waals surface area contributed by atoms with Crippen molar-refractivity contribution < 1.29 is 0 Å². The van der Waals surface area contributed by atoms with E-state index >= 15 is 0 Å². The predicted molar refractivity (Wildman–Crippen MR) is 86.3 cm³/mol. The monoisotopic (exact) mass is 277 g/mol. The van der Waals surface area contributed by atoms with Gasteiger partial charge in [0.1, 0.15) is 0 Å². The van der Waals surface area contributed by atoms with Gasteiger partial charge < -0.3 is 5.32 Å². The van der Waals surface area contributed by atoms with Gasteiger partial charge in [0.25, 0.3) is 0 Å². The molecule has 0 aliphatic carbocycles. The quantitative estimate of drug-likeness (QED) is 0.704.